The summed E-state index contributed by atoms with van der Waals surface area (Å²) >= 11 is 0. The Hall–Kier alpha value is -1.09. The molecule has 1 saturated heterocycles. The van der Waals surface area contributed by atoms with E-state index in [0.29, 0.717) is 13.1 Å². The van der Waals surface area contributed by atoms with Gasteiger partial charge in [-0.15, -0.1) is 0 Å². The Balaban J connectivity index is 2.45. The van der Waals surface area contributed by atoms with E-state index in [9.17, 15) is 4.39 Å². The maximum absolute atomic E-state index is 14.2. The zero-order valence-corrected chi connectivity index (χ0v) is 9.36. The minimum Gasteiger partial charge on any atom is -0.496 e. The molecule has 0 bridgehead atoms. The number of benzene rings is 1. The molecule has 1 aliphatic heterocycles. The van der Waals surface area contributed by atoms with Crippen LogP contribution in [0.4, 0.5) is 4.39 Å². The molecule has 0 aromatic heterocycles. The molecule has 0 saturated carbocycles. The molecule has 1 fully saturated rings. The Morgan fingerprint density at radius 2 is 1.93 bits per heavy atom. The van der Waals surface area contributed by atoms with Gasteiger partial charge in [-0.25, -0.2) is 4.39 Å². The highest BCUT2D eigenvalue weighted by Crippen LogP contribution is 2.35. The van der Waals surface area contributed by atoms with Crippen LogP contribution in [0.2, 0.25) is 0 Å². The summed E-state index contributed by atoms with van der Waals surface area (Å²) in [5.74, 6) is 0.826. The van der Waals surface area contributed by atoms with Gasteiger partial charge in [-0.2, -0.15) is 0 Å². The molecule has 3 heteroatoms. The van der Waals surface area contributed by atoms with Gasteiger partial charge in [0.1, 0.15) is 5.75 Å². The van der Waals surface area contributed by atoms with Crippen LogP contribution in [0.5, 0.6) is 5.75 Å². The minimum atomic E-state index is -1.18. The normalized spacial score (nSPS) is 18.4. The van der Waals surface area contributed by atoms with E-state index in [4.69, 9.17) is 4.74 Å². The highest BCUT2D eigenvalue weighted by Gasteiger charge is 2.40. The van der Waals surface area contributed by atoms with Crippen molar-refractivity contribution >= 4 is 0 Å². The van der Waals surface area contributed by atoms with Gasteiger partial charge in [0.05, 0.1) is 7.11 Å². The lowest BCUT2D eigenvalue weighted by atomic mass is 9.86. The molecule has 2 nitrogen and oxygen atoms in total. The number of hydrogen-bond acceptors (Lipinski definition) is 2. The summed E-state index contributed by atoms with van der Waals surface area (Å²) in [5.41, 5.74) is 1.56. The number of ether oxygens (including phenoxy) is 1. The molecule has 2 rings (SSSR count). The van der Waals surface area contributed by atoms with Crippen molar-refractivity contribution in [1.82, 2.24) is 5.32 Å². The fraction of sp³-hybridized carbons (Fsp3) is 0.500. The van der Waals surface area contributed by atoms with Gasteiger partial charge in [0, 0.05) is 13.1 Å². The number of methoxy groups -OCH3 is 1. The van der Waals surface area contributed by atoms with Gasteiger partial charge in [0.25, 0.3) is 0 Å². The van der Waals surface area contributed by atoms with Crippen molar-refractivity contribution in [3.63, 3.8) is 0 Å². The summed E-state index contributed by atoms with van der Waals surface area (Å²) in [4.78, 5) is 0. The lowest BCUT2D eigenvalue weighted by Gasteiger charge is -2.36. The molecule has 1 aromatic carbocycles. The first kappa shape index (κ1) is 10.4. The Bertz CT molecular complexity index is 385. The molecule has 82 valence electrons. The third kappa shape index (κ3) is 1.61. The van der Waals surface area contributed by atoms with Crippen LogP contribution in [-0.2, 0) is 5.67 Å². The third-order valence-corrected chi connectivity index (χ3v) is 3.03. The monoisotopic (exact) mass is 209 g/mol. The van der Waals surface area contributed by atoms with Crippen molar-refractivity contribution in [3.05, 3.63) is 28.8 Å². The highest BCUT2D eigenvalue weighted by molar-refractivity contribution is 5.45. The summed E-state index contributed by atoms with van der Waals surface area (Å²) in [6.45, 7) is 4.70. The van der Waals surface area contributed by atoms with Crippen molar-refractivity contribution in [2.45, 2.75) is 19.5 Å². The van der Waals surface area contributed by atoms with E-state index in [0.717, 1.165) is 22.4 Å². The van der Waals surface area contributed by atoms with Crippen molar-refractivity contribution in [2.24, 2.45) is 0 Å². The quantitative estimate of drug-likeness (QED) is 0.805. The van der Waals surface area contributed by atoms with Crippen LogP contribution in [0.1, 0.15) is 16.7 Å². The third-order valence-electron chi connectivity index (χ3n) is 3.03. The van der Waals surface area contributed by atoms with Gasteiger partial charge in [0.2, 0.25) is 0 Å². The Kier molecular flexibility index (Phi) is 2.43. The number of halogens is 1. The van der Waals surface area contributed by atoms with Gasteiger partial charge >= 0.3 is 0 Å². The summed E-state index contributed by atoms with van der Waals surface area (Å²) in [7, 11) is 1.64. The van der Waals surface area contributed by atoms with E-state index < -0.39 is 5.67 Å². The minimum absolute atomic E-state index is 0.416. The smallest absolute Gasteiger partial charge is 0.160 e. The first-order valence-electron chi connectivity index (χ1n) is 5.12. The molecule has 0 radical (unpaired) electrons. The summed E-state index contributed by atoms with van der Waals surface area (Å²) < 4.78 is 19.4. The largest absolute Gasteiger partial charge is 0.496 e. The van der Waals surface area contributed by atoms with Gasteiger partial charge in [-0.1, -0.05) is 0 Å². The fourth-order valence-electron chi connectivity index (χ4n) is 2.03. The van der Waals surface area contributed by atoms with E-state index in [2.05, 4.69) is 5.32 Å². The van der Waals surface area contributed by atoms with E-state index in [1.54, 1.807) is 7.11 Å². The number of nitrogens with one attached hydrogen (secondary N) is 1. The molecule has 1 heterocycles. The Morgan fingerprint density at radius 3 is 2.40 bits per heavy atom. The van der Waals surface area contributed by atoms with Crippen molar-refractivity contribution in [2.75, 3.05) is 20.2 Å². The van der Waals surface area contributed by atoms with Crippen LogP contribution < -0.4 is 10.1 Å². The molecule has 0 spiro atoms. The molecule has 1 aromatic rings. The predicted octanol–water partition coefficient (Wildman–Crippen LogP) is 2.08. The van der Waals surface area contributed by atoms with E-state index in [1.807, 2.05) is 26.0 Å². The SMILES string of the molecule is COc1cc(C)c(C2(F)CNC2)cc1C. The summed E-state index contributed by atoms with van der Waals surface area (Å²) in [6, 6.07) is 3.80. The number of aryl methyl sites for hydroxylation is 2. The summed E-state index contributed by atoms with van der Waals surface area (Å²) in [6.07, 6.45) is 0. The molecule has 0 aliphatic carbocycles. The van der Waals surface area contributed by atoms with Crippen LogP contribution >= 0.6 is 0 Å². The fourth-order valence-corrected chi connectivity index (χ4v) is 2.03. The van der Waals surface area contributed by atoms with Gasteiger partial charge in [-0.05, 0) is 42.7 Å². The summed E-state index contributed by atoms with van der Waals surface area (Å²) in [5, 5.41) is 2.97. The molecule has 1 aliphatic rings. The van der Waals surface area contributed by atoms with Gasteiger partial charge < -0.3 is 10.1 Å². The number of alkyl halides is 1. The first-order valence-corrected chi connectivity index (χ1v) is 5.12. The van der Waals surface area contributed by atoms with Crippen LogP contribution in [-0.4, -0.2) is 20.2 Å². The molecular formula is C12H16FNO. The molecule has 0 unspecified atom stereocenters. The standard InChI is InChI=1S/C12H16FNO/c1-8-5-11(15-3)9(2)4-10(8)12(13)6-14-7-12/h4-5,14H,6-7H2,1-3H3. The lowest BCUT2D eigenvalue weighted by molar-refractivity contribution is 0.0883. The average molecular weight is 209 g/mol. The Labute approximate surface area is 89.4 Å². The van der Waals surface area contributed by atoms with Crippen molar-refractivity contribution in [1.29, 1.82) is 0 Å². The average Bonchev–Trinajstić information content (AvgIpc) is 2.17. The maximum Gasteiger partial charge on any atom is 0.160 e. The van der Waals surface area contributed by atoms with E-state index >= 15 is 0 Å². The van der Waals surface area contributed by atoms with E-state index in [-0.39, 0.29) is 0 Å². The zero-order chi connectivity index (χ0) is 11.1. The van der Waals surface area contributed by atoms with Gasteiger partial charge in [-0.3, -0.25) is 0 Å². The van der Waals surface area contributed by atoms with Crippen LogP contribution in [0, 0.1) is 13.8 Å². The van der Waals surface area contributed by atoms with E-state index in [1.165, 1.54) is 0 Å². The predicted molar refractivity (Wildman–Crippen MR) is 58.1 cm³/mol. The Morgan fingerprint density at radius 1 is 1.27 bits per heavy atom. The molecule has 0 amide bonds. The molecule has 15 heavy (non-hydrogen) atoms. The second kappa shape index (κ2) is 3.49. The number of hydrogen-bond donors (Lipinski definition) is 1. The van der Waals surface area contributed by atoms with Crippen LogP contribution in [0.15, 0.2) is 12.1 Å². The number of rotatable bonds is 2. The second-order valence-corrected chi connectivity index (χ2v) is 4.21. The maximum atomic E-state index is 14.2. The molecular weight excluding hydrogens is 193 g/mol. The molecule has 1 N–H and O–H groups in total. The van der Waals surface area contributed by atoms with Crippen LogP contribution in [0.25, 0.3) is 0 Å². The van der Waals surface area contributed by atoms with Crippen molar-refractivity contribution < 1.29 is 9.13 Å². The topological polar surface area (TPSA) is 21.3 Å². The lowest BCUT2D eigenvalue weighted by Crippen LogP contribution is -2.54. The zero-order valence-electron chi connectivity index (χ0n) is 9.36. The van der Waals surface area contributed by atoms with Crippen molar-refractivity contribution in [3.8, 4) is 5.75 Å². The highest BCUT2D eigenvalue weighted by atomic mass is 19.1. The second-order valence-electron chi connectivity index (χ2n) is 4.21. The first-order chi connectivity index (χ1) is 7.07. The van der Waals surface area contributed by atoms with Crippen LogP contribution in [0.3, 0.4) is 0 Å². The van der Waals surface area contributed by atoms with Gasteiger partial charge in [0.15, 0.2) is 5.67 Å². The molecule has 0 atom stereocenters.